The van der Waals surface area contributed by atoms with Crippen LogP contribution in [0.15, 0.2) is 29.2 Å². The van der Waals surface area contributed by atoms with Crippen molar-refractivity contribution in [3.05, 3.63) is 29.8 Å². The number of methoxy groups -OCH3 is 1. The van der Waals surface area contributed by atoms with Crippen molar-refractivity contribution in [2.24, 2.45) is 0 Å². The summed E-state index contributed by atoms with van der Waals surface area (Å²) in [5.74, 6) is 0. The molecule has 0 heterocycles. The van der Waals surface area contributed by atoms with Crippen molar-refractivity contribution >= 4 is 10.0 Å². The molecule has 0 aliphatic rings. The molecule has 0 saturated carbocycles. The first kappa shape index (κ1) is 17.1. The van der Waals surface area contributed by atoms with Crippen LogP contribution in [0.4, 0.5) is 0 Å². The number of rotatable bonds is 8. The van der Waals surface area contributed by atoms with Gasteiger partial charge in [0.25, 0.3) is 0 Å². The molecule has 0 bridgehead atoms. The van der Waals surface area contributed by atoms with Gasteiger partial charge in [0.15, 0.2) is 0 Å². The fourth-order valence-electron chi connectivity index (χ4n) is 1.89. The van der Waals surface area contributed by atoms with Crippen molar-refractivity contribution in [3.63, 3.8) is 0 Å². The molecule has 0 saturated heterocycles. The Bertz CT molecular complexity index is 517. The third kappa shape index (κ3) is 4.28. The number of nitrogens with zero attached hydrogens (tertiary/aromatic N) is 1. The molecule has 1 aromatic carbocycles. The molecular weight excluding hydrogens is 276 g/mol. The van der Waals surface area contributed by atoms with Gasteiger partial charge in [-0.05, 0) is 31.2 Å². The average molecular weight is 300 g/mol. The molecular formula is C14H24N2O3S. The zero-order valence-corrected chi connectivity index (χ0v) is 13.4. The van der Waals surface area contributed by atoms with Crippen molar-refractivity contribution in [2.45, 2.75) is 24.8 Å². The summed E-state index contributed by atoms with van der Waals surface area (Å²) in [7, 11) is -0.338. The fraction of sp³-hybridized carbons (Fsp3) is 0.571. The average Bonchev–Trinajstić information content (AvgIpc) is 2.45. The molecule has 20 heavy (non-hydrogen) atoms. The molecule has 114 valence electrons. The number of hydrogen-bond acceptors (Lipinski definition) is 4. The van der Waals surface area contributed by atoms with Crippen molar-refractivity contribution in [1.82, 2.24) is 9.62 Å². The van der Waals surface area contributed by atoms with Crippen molar-refractivity contribution in [1.29, 1.82) is 0 Å². The maximum absolute atomic E-state index is 12.4. The Labute approximate surface area is 122 Å². The van der Waals surface area contributed by atoms with Crippen LogP contribution in [0.1, 0.15) is 25.5 Å². The van der Waals surface area contributed by atoms with Gasteiger partial charge in [-0.1, -0.05) is 19.1 Å². The maximum atomic E-state index is 12.4. The SMILES string of the molecule is CCNC(C)c1cccc(S(=O)(=O)N(C)CCOC)c1. The summed E-state index contributed by atoms with van der Waals surface area (Å²) in [6.45, 7) is 5.60. The number of nitrogens with one attached hydrogen (secondary N) is 1. The quantitative estimate of drug-likeness (QED) is 0.792. The highest BCUT2D eigenvalue weighted by Gasteiger charge is 2.21. The summed E-state index contributed by atoms with van der Waals surface area (Å²) in [5.41, 5.74) is 0.966. The zero-order valence-electron chi connectivity index (χ0n) is 12.6. The van der Waals surface area contributed by atoms with Gasteiger partial charge in [0.05, 0.1) is 11.5 Å². The molecule has 0 spiro atoms. The lowest BCUT2D eigenvalue weighted by molar-refractivity contribution is 0.185. The Balaban J connectivity index is 2.98. The van der Waals surface area contributed by atoms with Crippen LogP contribution in [0, 0.1) is 0 Å². The molecule has 6 heteroatoms. The predicted molar refractivity (Wildman–Crippen MR) is 80.2 cm³/mol. The summed E-state index contributed by atoms with van der Waals surface area (Å²) in [5, 5.41) is 3.28. The van der Waals surface area contributed by atoms with Crippen LogP contribution in [0.5, 0.6) is 0 Å². The Morgan fingerprint density at radius 1 is 1.40 bits per heavy atom. The number of benzene rings is 1. The number of sulfonamides is 1. The van der Waals surface area contributed by atoms with Gasteiger partial charge in [-0.25, -0.2) is 8.42 Å². The minimum absolute atomic E-state index is 0.124. The van der Waals surface area contributed by atoms with Gasteiger partial charge in [0.2, 0.25) is 10.0 Å². The van der Waals surface area contributed by atoms with E-state index in [1.807, 2.05) is 19.9 Å². The second kappa shape index (κ2) is 7.73. The van der Waals surface area contributed by atoms with Crippen LogP contribution < -0.4 is 5.32 Å². The lowest BCUT2D eigenvalue weighted by Crippen LogP contribution is -2.30. The normalized spacial score (nSPS) is 13.7. The van der Waals surface area contributed by atoms with Crippen molar-refractivity contribution in [3.8, 4) is 0 Å². The minimum Gasteiger partial charge on any atom is -0.383 e. The van der Waals surface area contributed by atoms with Gasteiger partial charge in [-0.15, -0.1) is 0 Å². The lowest BCUT2D eigenvalue weighted by atomic mass is 10.1. The van der Waals surface area contributed by atoms with Gasteiger partial charge in [0.1, 0.15) is 0 Å². The Hall–Kier alpha value is -0.950. The lowest BCUT2D eigenvalue weighted by Gasteiger charge is -2.18. The van der Waals surface area contributed by atoms with E-state index in [9.17, 15) is 8.42 Å². The first-order chi connectivity index (χ1) is 9.43. The van der Waals surface area contributed by atoms with E-state index in [0.29, 0.717) is 18.0 Å². The van der Waals surface area contributed by atoms with Crippen LogP contribution in [0.3, 0.4) is 0 Å². The summed E-state index contributed by atoms with van der Waals surface area (Å²) in [6.07, 6.45) is 0. The van der Waals surface area contributed by atoms with E-state index < -0.39 is 10.0 Å². The Morgan fingerprint density at radius 2 is 2.10 bits per heavy atom. The Morgan fingerprint density at radius 3 is 2.70 bits per heavy atom. The highest BCUT2D eigenvalue weighted by atomic mass is 32.2. The highest BCUT2D eigenvalue weighted by Crippen LogP contribution is 2.19. The molecule has 1 aromatic rings. The van der Waals surface area contributed by atoms with Crippen LogP contribution in [0.2, 0.25) is 0 Å². The molecule has 0 aliphatic carbocycles. The highest BCUT2D eigenvalue weighted by molar-refractivity contribution is 7.89. The molecule has 1 N–H and O–H groups in total. The molecule has 0 aromatic heterocycles. The third-order valence-corrected chi connectivity index (χ3v) is 5.04. The largest absolute Gasteiger partial charge is 0.383 e. The smallest absolute Gasteiger partial charge is 0.242 e. The third-order valence-electron chi connectivity index (χ3n) is 3.19. The molecule has 1 rings (SSSR count). The summed E-state index contributed by atoms with van der Waals surface area (Å²) in [6, 6.07) is 7.19. The molecule has 0 amide bonds. The van der Waals surface area contributed by atoms with E-state index in [-0.39, 0.29) is 6.04 Å². The number of ether oxygens (including phenoxy) is 1. The molecule has 1 unspecified atom stereocenters. The van der Waals surface area contributed by atoms with Gasteiger partial charge in [-0.2, -0.15) is 4.31 Å². The second-order valence-corrected chi connectivity index (χ2v) is 6.72. The first-order valence-electron chi connectivity index (χ1n) is 6.72. The Kier molecular flexibility index (Phi) is 6.61. The van der Waals surface area contributed by atoms with Gasteiger partial charge < -0.3 is 10.1 Å². The number of hydrogen-bond donors (Lipinski definition) is 1. The summed E-state index contributed by atoms with van der Waals surface area (Å²) in [4.78, 5) is 0.318. The van der Waals surface area contributed by atoms with Gasteiger partial charge in [0, 0.05) is 26.7 Å². The minimum atomic E-state index is -3.46. The maximum Gasteiger partial charge on any atom is 0.242 e. The van der Waals surface area contributed by atoms with Crippen LogP contribution in [0.25, 0.3) is 0 Å². The van der Waals surface area contributed by atoms with Gasteiger partial charge >= 0.3 is 0 Å². The molecule has 1 atom stereocenters. The second-order valence-electron chi connectivity index (χ2n) is 4.67. The first-order valence-corrected chi connectivity index (χ1v) is 8.16. The van der Waals surface area contributed by atoms with E-state index >= 15 is 0 Å². The monoisotopic (exact) mass is 300 g/mol. The summed E-state index contributed by atoms with van der Waals surface area (Å²) >= 11 is 0. The molecule has 0 aliphatic heterocycles. The van der Waals surface area contributed by atoms with E-state index in [1.54, 1.807) is 32.4 Å². The van der Waals surface area contributed by atoms with Crippen molar-refractivity contribution < 1.29 is 13.2 Å². The van der Waals surface area contributed by atoms with E-state index in [2.05, 4.69) is 5.32 Å². The van der Waals surface area contributed by atoms with Crippen LogP contribution in [-0.4, -0.2) is 46.6 Å². The summed E-state index contributed by atoms with van der Waals surface area (Å²) < 4.78 is 31.1. The van der Waals surface area contributed by atoms with E-state index in [0.717, 1.165) is 12.1 Å². The van der Waals surface area contributed by atoms with E-state index in [1.165, 1.54) is 4.31 Å². The fourth-order valence-corrected chi connectivity index (χ4v) is 3.10. The van der Waals surface area contributed by atoms with E-state index in [4.69, 9.17) is 4.74 Å². The molecule has 5 nitrogen and oxygen atoms in total. The number of likely N-dealkylation sites (N-methyl/N-ethyl adjacent to an activating group) is 1. The molecule has 0 fully saturated rings. The molecule has 0 radical (unpaired) electrons. The van der Waals surface area contributed by atoms with Crippen LogP contribution in [-0.2, 0) is 14.8 Å². The zero-order chi connectivity index (χ0) is 15.2. The topological polar surface area (TPSA) is 58.6 Å². The van der Waals surface area contributed by atoms with Gasteiger partial charge in [-0.3, -0.25) is 0 Å². The van der Waals surface area contributed by atoms with Crippen LogP contribution >= 0.6 is 0 Å². The predicted octanol–water partition coefficient (Wildman–Crippen LogP) is 1.62. The standard InChI is InChI=1S/C14H24N2O3S/c1-5-15-12(2)13-7-6-8-14(11-13)20(17,18)16(3)9-10-19-4/h6-8,11-12,15H,5,9-10H2,1-4H3. The van der Waals surface area contributed by atoms with Crippen molar-refractivity contribution in [2.75, 3.05) is 33.9 Å².